The largest absolute Gasteiger partial charge is 0.506 e. The van der Waals surface area contributed by atoms with Gasteiger partial charge in [0, 0.05) is 24.1 Å². The van der Waals surface area contributed by atoms with Crippen molar-refractivity contribution in [2.24, 2.45) is 0 Å². The lowest BCUT2D eigenvalue weighted by molar-refractivity contribution is -0.143. The van der Waals surface area contributed by atoms with Crippen LogP contribution in [0.5, 0.6) is 17.2 Å². The third kappa shape index (κ3) is 14.0. The number of H-pyrrole nitrogens is 1. The lowest BCUT2D eigenvalue weighted by atomic mass is 9.92. The highest BCUT2D eigenvalue weighted by molar-refractivity contribution is 6.24. The number of ketones is 3. The van der Waals surface area contributed by atoms with Gasteiger partial charge < -0.3 is 33.5 Å². The standard InChI is InChI=1S/C53H50F6N6O12/c1-31-21-42(62-60-31)40-10-12-46(47(49(40)69)34-23-35(52(54,55)56)25-36(24-34)53(57,58)59)76-28-33-7-5-32(6-8-33)22-39(67)30-75-20-19-74-18-17-73-16-15-72-14-13-64-27-37(61-63-64)29-77-45-4-2-3-41-48(45)51(71)65(50(41)70)43-11-9-38(66)26-44(43)68/h2-8,10,12,21,23-25,27,43,69H,9,11,13-20,22,26,28-30H2,1H3,(H,60,62). The first-order valence-corrected chi connectivity index (χ1v) is 24.1. The first kappa shape index (κ1) is 55.4. The van der Waals surface area contributed by atoms with Crippen LogP contribution in [-0.2, 0) is 71.9 Å². The van der Waals surface area contributed by atoms with E-state index in [2.05, 4.69) is 20.5 Å². The number of aryl methyl sites for hydroxylation is 1. The first-order chi connectivity index (χ1) is 36.8. The third-order valence-corrected chi connectivity index (χ3v) is 12.3. The summed E-state index contributed by atoms with van der Waals surface area (Å²) in [6.07, 6.45) is -8.67. The number of carbonyl (C=O) groups excluding carboxylic acids is 5. The highest BCUT2D eigenvalue weighted by Gasteiger charge is 2.46. The minimum Gasteiger partial charge on any atom is -0.506 e. The number of phenolic OH excluding ortho intramolecular Hbond substituents is 1. The van der Waals surface area contributed by atoms with Crippen LogP contribution < -0.4 is 9.47 Å². The van der Waals surface area contributed by atoms with E-state index < -0.39 is 64.0 Å². The van der Waals surface area contributed by atoms with Crippen molar-refractivity contribution in [1.29, 1.82) is 0 Å². The summed E-state index contributed by atoms with van der Waals surface area (Å²) in [5.74, 6) is -2.80. The lowest BCUT2D eigenvalue weighted by Crippen LogP contribution is -2.47. The Hall–Kier alpha value is -7.80. The van der Waals surface area contributed by atoms with E-state index in [0.29, 0.717) is 61.0 Å². The van der Waals surface area contributed by atoms with Crippen molar-refractivity contribution in [3.8, 4) is 39.6 Å². The number of nitrogens with zero attached hydrogens (tertiary/aromatic N) is 5. The molecule has 8 rings (SSSR count). The number of aromatic nitrogens is 5. The quantitative estimate of drug-likeness (QED) is 0.0242. The number of ether oxygens (including phenoxy) is 6. The third-order valence-electron chi connectivity index (χ3n) is 12.3. The fourth-order valence-corrected chi connectivity index (χ4v) is 8.50. The SMILES string of the molecule is Cc1cc(-c2ccc(OCc3ccc(CC(=O)COCCOCCOCCOCCn4cc(COc5cccc6c5C(=O)N(C5CCC(=O)CC5=O)C6=O)nn4)cc3)c(-c3cc(C(F)(F)F)cc(C(F)(F)F)c3)c2O)n[nH]1. The van der Waals surface area contributed by atoms with Crippen LogP contribution >= 0.6 is 0 Å². The molecule has 77 heavy (non-hydrogen) atoms. The molecule has 24 heteroatoms. The van der Waals surface area contributed by atoms with Crippen LogP contribution in [0.4, 0.5) is 26.3 Å². The van der Waals surface area contributed by atoms with Crippen molar-refractivity contribution in [3.05, 3.63) is 130 Å². The zero-order valence-corrected chi connectivity index (χ0v) is 41.2. The number of phenols is 1. The highest BCUT2D eigenvalue weighted by atomic mass is 19.4. The monoisotopic (exact) mass is 1080 g/mol. The second-order valence-electron chi connectivity index (χ2n) is 17.9. The topological polar surface area (TPSA) is 224 Å². The summed E-state index contributed by atoms with van der Waals surface area (Å²) in [6.45, 7) is 3.48. The van der Waals surface area contributed by atoms with Gasteiger partial charge in [0.1, 0.15) is 48.5 Å². The molecule has 0 saturated heterocycles. The Labute approximate surface area is 435 Å². The number of aromatic amines is 1. The van der Waals surface area contributed by atoms with Crippen LogP contribution in [0.15, 0.2) is 85.1 Å². The number of amides is 2. The molecule has 18 nitrogen and oxygen atoms in total. The number of imide groups is 1. The molecule has 2 aromatic heterocycles. The summed E-state index contributed by atoms with van der Waals surface area (Å²) in [5, 5.41) is 26.3. The van der Waals surface area contributed by atoms with Crippen LogP contribution in [0.2, 0.25) is 0 Å². The van der Waals surface area contributed by atoms with Gasteiger partial charge >= 0.3 is 12.4 Å². The minimum absolute atomic E-state index is 0.000736. The molecule has 4 aromatic carbocycles. The van der Waals surface area contributed by atoms with Gasteiger partial charge in [0.25, 0.3) is 11.8 Å². The van der Waals surface area contributed by atoms with Gasteiger partial charge in [0.15, 0.2) is 11.6 Å². The Morgan fingerprint density at radius 3 is 2.01 bits per heavy atom. The average Bonchev–Trinajstić information content (AvgIpc) is 4.11. The number of carbonyl (C=O) groups is 5. The molecule has 3 heterocycles. The highest BCUT2D eigenvalue weighted by Crippen LogP contribution is 2.47. The molecule has 406 valence electrons. The van der Waals surface area contributed by atoms with E-state index in [1.807, 2.05) is 0 Å². The van der Waals surface area contributed by atoms with E-state index in [-0.39, 0.29) is 123 Å². The summed E-state index contributed by atoms with van der Waals surface area (Å²) in [5.41, 5.74) is -1.44. The Bertz CT molecular complexity index is 3090. The first-order valence-electron chi connectivity index (χ1n) is 24.1. The van der Waals surface area contributed by atoms with E-state index in [4.69, 9.17) is 28.4 Å². The molecule has 1 saturated carbocycles. The summed E-state index contributed by atoms with van der Waals surface area (Å²) in [6, 6.07) is 15.6. The van der Waals surface area contributed by atoms with E-state index in [1.165, 1.54) is 18.2 Å². The summed E-state index contributed by atoms with van der Waals surface area (Å²) < 4.78 is 119. The molecule has 1 atom stereocenters. The van der Waals surface area contributed by atoms with Gasteiger partial charge in [-0.2, -0.15) is 31.4 Å². The van der Waals surface area contributed by atoms with Crippen LogP contribution in [-0.4, -0.2) is 123 Å². The number of alkyl halides is 6. The van der Waals surface area contributed by atoms with E-state index >= 15 is 0 Å². The summed E-state index contributed by atoms with van der Waals surface area (Å²) >= 11 is 0. The van der Waals surface area contributed by atoms with Crippen molar-refractivity contribution in [2.75, 3.05) is 52.9 Å². The summed E-state index contributed by atoms with van der Waals surface area (Å²) in [7, 11) is 0. The van der Waals surface area contributed by atoms with Crippen LogP contribution in [0.1, 0.15) is 73.6 Å². The van der Waals surface area contributed by atoms with Gasteiger partial charge in [-0.3, -0.25) is 34.0 Å². The Morgan fingerprint density at radius 2 is 1.36 bits per heavy atom. The molecule has 2 amide bonds. The maximum atomic E-state index is 13.8. The van der Waals surface area contributed by atoms with Crippen molar-refractivity contribution in [2.45, 2.75) is 70.8 Å². The van der Waals surface area contributed by atoms with E-state index in [0.717, 1.165) is 4.90 Å². The predicted octanol–water partition coefficient (Wildman–Crippen LogP) is 7.71. The number of Topliss-reactive ketones (excluding diaryl/α,β-unsaturated/α-hetero) is 3. The zero-order chi connectivity index (χ0) is 54.9. The molecule has 2 aliphatic rings. The fraction of sp³-hybridized carbons (Fsp3) is 0.358. The number of halogens is 6. The van der Waals surface area contributed by atoms with Crippen molar-refractivity contribution in [3.63, 3.8) is 0 Å². The van der Waals surface area contributed by atoms with Crippen molar-refractivity contribution in [1.82, 2.24) is 30.1 Å². The smallest absolute Gasteiger partial charge is 0.416 e. The van der Waals surface area contributed by atoms with Crippen LogP contribution in [0.25, 0.3) is 22.4 Å². The molecule has 0 spiro atoms. The molecule has 1 fully saturated rings. The molecule has 2 N–H and O–H groups in total. The van der Waals surface area contributed by atoms with Gasteiger partial charge in [0.2, 0.25) is 0 Å². The predicted molar refractivity (Wildman–Crippen MR) is 258 cm³/mol. The Kier molecular flexibility index (Phi) is 17.6. The maximum Gasteiger partial charge on any atom is 0.416 e. The van der Waals surface area contributed by atoms with Crippen molar-refractivity contribution >= 4 is 29.2 Å². The van der Waals surface area contributed by atoms with Gasteiger partial charge in [0.05, 0.1) is 105 Å². The second kappa shape index (κ2) is 24.5. The lowest BCUT2D eigenvalue weighted by Gasteiger charge is -2.27. The Morgan fingerprint density at radius 1 is 0.727 bits per heavy atom. The number of fused-ring (bicyclic) bond motifs is 1. The molecule has 1 aliphatic heterocycles. The van der Waals surface area contributed by atoms with E-state index in [1.54, 1.807) is 60.3 Å². The van der Waals surface area contributed by atoms with Gasteiger partial charge in [-0.15, -0.1) is 5.10 Å². The maximum absolute atomic E-state index is 13.8. The van der Waals surface area contributed by atoms with Crippen LogP contribution in [0, 0.1) is 6.92 Å². The molecular weight excluding hydrogens is 1030 g/mol. The number of nitrogens with one attached hydrogen (secondary N) is 1. The normalized spacial score (nSPS) is 14.9. The number of benzene rings is 4. The van der Waals surface area contributed by atoms with Crippen LogP contribution in [0.3, 0.4) is 0 Å². The van der Waals surface area contributed by atoms with Gasteiger partial charge in [-0.1, -0.05) is 35.5 Å². The fourth-order valence-electron chi connectivity index (χ4n) is 8.50. The van der Waals surface area contributed by atoms with Crippen molar-refractivity contribution < 1.29 is 83.8 Å². The molecular formula is C53H50F6N6O12. The molecule has 6 aromatic rings. The number of rotatable bonds is 25. The second-order valence-corrected chi connectivity index (χ2v) is 17.9. The zero-order valence-electron chi connectivity index (χ0n) is 41.2. The van der Waals surface area contributed by atoms with Gasteiger partial charge in [-0.25, -0.2) is 4.68 Å². The van der Waals surface area contributed by atoms with Gasteiger partial charge in [-0.05, 0) is 78.6 Å². The molecule has 0 radical (unpaired) electrons. The molecule has 1 aliphatic carbocycles. The average molecular weight is 1080 g/mol. The van der Waals surface area contributed by atoms with E-state index in [9.17, 15) is 55.4 Å². The number of hydrogen-bond acceptors (Lipinski definition) is 15. The molecule has 0 bridgehead atoms. The molecule has 1 unspecified atom stereocenters. The Balaban J connectivity index is 0.692. The minimum atomic E-state index is -5.13. The number of hydrogen-bond donors (Lipinski definition) is 2. The number of aromatic hydroxyl groups is 1. The summed E-state index contributed by atoms with van der Waals surface area (Å²) in [4.78, 5) is 64.2.